The summed E-state index contributed by atoms with van der Waals surface area (Å²) in [4.78, 5) is 23.4. The first-order chi connectivity index (χ1) is 16.3. The number of benzene rings is 3. The second-order valence-electron chi connectivity index (χ2n) is 6.93. The lowest BCUT2D eigenvalue weighted by Gasteiger charge is -2.14. The highest BCUT2D eigenvalue weighted by Gasteiger charge is 2.15. The number of ether oxygens (including phenoxy) is 2. The van der Waals surface area contributed by atoms with Crippen LogP contribution in [0.25, 0.3) is 6.08 Å². The van der Waals surface area contributed by atoms with Crippen molar-refractivity contribution in [2.75, 3.05) is 12.4 Å². The standard InChI is InChI=1S/C25H18BrFN2O5/c1-33-22-12-16(10-18(13-28)24(30)29-21-5-3-2-4-20(21)27)11-19(26)23(22)34-14-15-6-8-17(9-7-15)25(31)32/h2-12H,14H2,1H3,(H,29,30)(H,31,32)/b18-10-. The van der Waals surface area contributed by atoms with E-state index in [1.165, 1.54) is 43.5 Å². The van der Waals surface area contributed by atoms with Crippen LogP contribution in [0.5, 0.6) is 11.5 Å². The third-order valence-corrected chi connectivity index (χ3v) is 5.22. The van der Waals surface area contributed by atoms with E-state index in [1.54, 1.807) is 30.3 Å². The van der Waals surface area contributed by atoms with Gasteiger partial charge < -0.3 is 19.9 Å². The summed E-state index contributed by atoms with van der Waals surface area (Å²) in [6.07, 6.45) is 1.35. The van der Waals surface area contributed by atoms with Crippen molar-refractivity contribution in [3.05, 3.63) is 93.2 Å². The zero-order valence-corrected chi connectivity index (χ0v) is 19.4. The molecule has 9 heteroatoms. The summed E-state index contributed by atoms with van der Waals surface area (Å²) < 4.78 is 25.6. The molecular weight excluding hydrogens is 507 g/mol. The number of carboxylic acids is 1. The van der Waals surface area contributed by atoms with Crippen LogP contribution in [0.15, 0.2) is 70.7 Å². The van der Waals surface area contributed by atoms with Crippen LogP contribution in [0, 0.1) is 17.1 Å². The number of carbonyl (C=O) groups is 2. The lowest BCUT2D eigenvalue weighted by Crippen LogP contribution is -2.14. The number of para-hydroxylation sites is 1. The number of hydrogen-bond acceptors (Lipinski definition) is 5. The molecule has 3 aromatic carbocycles. The van der Waals surface area contributed by atoms with Crippen molar-refractivity contribution in [1.29, 1.82) is 5.26 Å². The summed E-state index contributed by atoms with van der Waals surface area (Å²) in [5.41, 5.74) is 1.13. The van der Waals surface area contributed by atoms with Gasteiger partial charge in [0.05, 0.1) is 22.8 Å². The highest BCUT2D eigenvalue weighted by Crippen LogP contribution is 2.38. The Morgan fingerprint density at radius 3 is 2.50 bits per heavy atom. The molecule has 0 unspecified atom stereocenters. The number of halogens is 2. The van der Waals surface area contributed by atoms with E-state index in [2.05, 4.69) is 21.2 Å². The topological polar surface area (TPSA) is 109 Å². The number of nitrogens with zero attached hydrogens (tertiary/aromatic N) is 1. The fraction of sp³-hybridized carbons (Fsp3) is 0.0800. The van der Waals surface area contributed by atoms with Gasteiger partial charge in [-0.05, 0) is 69.5 Å². The Balaban J connectivity index is 1.80. The van der Waals surface area contributed by atoms with Gasteiger partial charge >= 0.3 is 5.97 Å². The Labute approximate surface area is 203 Å². The molecule has 2 N–H and O–H groups in total. The molecule has 0 aliphatic carbocycles. The molecule has 0 aliphatic heterocycles. The average Bonchev–Trinajstić information content (AvgIpc) is 2.83. The quantitative estimate of drug-likeness (QED) is 0.300. The number of anilines is 1. The molecule has 0 bridgehead atoms. The van der Waals surface area contributed by atoms with E-state index < -0.39 is 17.7 Å². The van der Waals surface area contributed by atoms with E-state index in [-0.39, 0.29) is 23.4 Å². The maximum atomic E-state index is 13.8. The maximum absolute atomic E-state index is 13.8. The van der Waals surface area contributed by atoms with Gasteiger partial charge in [0.2, 0.25) is 0 Å². The molecule has 34 heavy (non-hydrogen) atoms. The molecule has 0 fully saturated rings. The van der Waals surface area contributed by atoms with Crippen molar-refractivity contribution in [2.24, 2.45) is 0 Å². The lowest BCUT2D eigenvalue weighted by molar-refractivity contribution is -0.112. The van der Waals surface area contributed by atoms with Crippen molar-refractivity contribution in [2.45, 2.75) is 6.61 Å². The molecule has 3 rings (SSSR count). The fourth-order valence-corrected chi connectivity index (χ4v) is 3.50. The predicted octanol–water partition coefficient (Wildman–Crippen LogP) is 5.42. The van der Waals surface area contributed by atoms with Gasteiger partial charge in [0.1, 0.15) is 24.1 Å². The van der Waals surface area contributed by atoms with Crippen LogP contribution in [-0.2, 0) is 11.4 Å². The molecule has 0 saturated heterocycles. The number of hydrogen-bond donors (Lipinski definition) is 2. The normalized spacial score (nSPS) is 10.8. The minimum atomic E-state index is -1.01. The molecule has 7 nitrogen and oxygen atoms in total. The van der Waals surface area contributed by atoms with Gasteiger partial charge in [-0.1, -0.05) is 24.3 Å². The first-order valence-electron chi connectivity index (χ1n) is 9.82. The van der Waals surface area contributed by atoms with Crippen LogP contribution >= 0.6 is 15.9 Å². The molecule has 0 spiro atoms. The Bertz CT molecular complexity index is 1300. The van der Waals surface area contributed by atoms with Crippen LogP contribution in [-0.4, -0.2) is 24.1 Å². The smallest absolute Gasteiger partial charge is 0.335 e. The number of carbonyl (C=O) groups excluding carboxylic acids is 1. The van der Waals surface area contributed by atoms with Gasteiger partial charge in [-0.3, -0.25) is 4.79 Å². The van der Waals surface area contributed by atoms with Crippen molar-refractivity contribution >= 4 is 39.6 Å². The molecular formula is C25H18BrFN2O5. The average molecular weight is 525 g/mol. The van der Waals surface area contributed by atoms with Crippen LogP contribution < -0.4 is 14.8 Å². The minimum Gasteiger partial charge on any atom is -0.493 e. The molecule has 172 valence electrons. The van der Waals surface area contributed by atoms with E-state index in [0.717, 1.165) is 5.56 Å². The van der Waals surface area contributed by atoms with Gasteiger partial charge in [0.15, 0.2) is 11.5 Å². The van der Waals surface area contributed by atoms with Crippen LogP contribution in [0.4, 0.5) is 10.1 Å². The molecule has 0 saturated carbocycles. The number of nitriles is 1. The molecule has 0 radical (unpaired) electrons. The number of aromatic carboxylic acids is 1. The third-order valence-electron chi connectivity index (χ3n) is 4.63. The minimum absolute atomic E-state index is 0.0347. The number of nitrogens with one attached hydrogen (secondary N) is 1. The van der Waals surface area contributed by atoms with E-state index in [4.69, 9.17) is 14.6 Å². The molecule has 1 amide bonds. The van der Waals surface area contributed by atoms with Crippen LogP contribution in [0.1, 0.15) is 21.5 Å². The van der Waals surface area contributed by atoms with Crippen molar-refractivity contribution in [3.63, 3.8) is 0 Å². The van der Waals surface area contributed by atoms with E-state index >= 15 is 0 Å². The van der Waals surface area contributed by atoms with Crippen LogP contribution in [0.2, 0.25) is 0 Å². The summed E-state index contributed by atoms with van der Waals surface area (Å²) in [7, 11) is 1.44. The van der Waals surface area contributed by atoms with E-state index in [9.17, 15) is 19.2 Å². The van der Waals surface area contributed by atoms with E-state index in [1.807, 2.05) is 6.07 Å². The zero-order chi connectivity index (χ0) is 24.7. The molecule has 0 aromatic heterocycles. The van der Waals surface area contributed by atoms with Gasteiger partial charge in [-0.15, -0.1) is 0 Å². The second-order valence-corrected chi connectivity index (χ2v) is 7.78. The van der Waals surface area contributed by atoms with Crippen molar-refractivity contribution < 1.29 is 28.6 Å². The first kappa shape index (κ1) is 24.5. The Morgan fingerprint density at radius 2 is 1.88 bits per heavy atom. The zero-order valence-electron chi connectivity index (χ0n) is 17.8. The summed E-state index contributed by atoms with van der Waals surface area (Å²) in [6, 6.07) is 17.0. The Kier molecular flexibility index (Phi) is 8.01. The van der Waals surface area contributed by atoms with Crippen molar-refractivity contribution in [3.8, 4) is 17.6 Å². The van der Waals surface area contributed by atoms with Crippen LogP contribution in [0.3, 0.4) is 0 Å². The Morgan fingerprint density at radius 1 is 1.18 bits per heavy atom. The Hall–Kier alpha value is -4.16. The highest BCUT2D eigenvalue weighted by atomic mass is 79.9. The lowest BCUT2D eigenvalue weighted by atomic mass is 10.1. The van der Waals surface area contributed by atoms with Gasteiger partial charge in [-0.2, -0.15) is 5.26 Å². The number of methoxy groups -OCH3 is 1. The number of carboxylic acid groups (broad SMARTS) is 1. The molecule has 0 heterocycles. The largest absolute Gasteiger partial charge is 0.493 e. The third kappa shape index (κ3) is 5.99. The SMILES string of the molecule is COc1cc(/C=C(/C#N)C(=O)Nc2ccccc2F)cc(Br)c1OCc1ccc(C(=O)O)cc1. The highest BCUT2D eigenvalue weighted by molar-refractivity contribution is 9.10. The number of rotatable bonds is 8. The summed E-state index contributed by atoms with van der Waals surface area (Å²) in [5, 5.41) is 20.8. The molecule has 0 aliphatic rings. The summed E-state index contributed by atoms with van der Waals surface area (Å²) in [5.74, 6) is -1.66. The summed E-state index contributed by atoms with van der Waals surface area (Å²) in [6.45, 7) is 0.151. The molecule has 0 atom stereocenters. The van der Waals surface area contributed by atoms with Gasteiger partial charge in [-0.25, -0.2) is 9.18 Å². The monoisotopic (exact) mass is 524 g/mol. The second kappa shape index (κ2) is 11.1. The van der Waals surface area contributed by atoms with Gasteiger partial charge in [0, 0.05) is 0 Å². The predicted molar refractivity (Wildman–Crippen MR) is 127 cm³/mol. The van der Waals surface area contributed by atoms with Gasteiger partial charge in [0.25, 0.3) is 5.91 Å². The summed E-state index contributed by atoms with van der Waals surface area (Å²) >= 11 is 3.41. The number of amides is 1. The van der Waals surface area contributed by atoms with Crippen molar-refractivity contribution in [1.82, 2.24) is 0 Å². The maximum Gasteiger partial charge on any atom is 0.335 e. The fourth-order valence-electron chi connectivity index (χ4n) is 2.93. The first-order valence-corrected chi connectivity index (χ1v) is 10.6. The molecule has 3 aromatic rings. The van der Waals surface area contributed by atoms with E-state index in [0.29, 0.717) is 21.5 Å².